The Bertz CT molecular complexity index is 128. The molecule has 0 atom stereocenters. The first-order valence-corrected chi connectivity index (χ1v) is 4.83. The molecule has 0 amide bonds. The first kappa shape index (κ1) is 14.6. The molecule has 72 valence electrons. The van der Waals surface area contributed by atoms with Crippen LogP contribution in [0.1, 0.15) is 25.7 Å². The van der Waals surface area contributed by atoms with Gasteiger partial charge < -0.3 is 5.73 Å². The summed E-state index contributed by atoms with van der Waals surface area (Å²) in [6, 6.07) is 0. The molecular weight excluding hydrogens is 236 g/mol. The number of thioether (sulfide) groups is 1. The number of rotatable bonds is 6. The third kappa shape index (κ3) is 12.7. The highest BCUT2D eigenvalue weighted by atomic mass is 79.9. The van der Waals surface area contributed by atoms with Gasteiger partial charge in [-0.3, -0.25) is 5.41 Å². The predicted molar refractivity (Wildman–Crippen MR) is 63.4 cm³/mol. The highest BCUT2D eigenvalue weighted by molar-refractivity contribution is 8.93. The summed E-state index contributed by atoms with van der Waals surface area (Å²) in [6.45, 7) is 3.65. The second-order valence-electron chi connectivity index (χ2n) is 2.35. The Morgan fingerprint density at radius 1 is 1.42 bits per heavy atom. The molecule has 0 saturated carbocycles. The zero-order chi connectivity index (χ0) is 8.53. The molecule has 2 nitrogen and oxygen atoms in total. The first-order chi connectivity index (χ1) is 5.27. The highest BCUT2D eigenvalue weighted by Gasteiger charge is 1.90. The van der Waals surface area contributed by atoms with Crippen LogP contribution in [0.2, 0.25) is 0 Å². The van der Waals surface area contributed by atoms with E-state index >= 15 is 0 Å². The third-order valence-electron chi connectivity index (χ3n) is 1.31. The van der Waals surface area contributed by atoms with Crippen molar-refractivity contribution in [1.29, 1.82) is 5.41 Å². The molecule has 0 unspecified atom stereocenters. The maximum absolute atomic E-state index is 6.94. The Balaban J connectivity index is 0. The third-order valence-corrected chi connectivity index (χ3v) is 2.11. The van der Waals surface area contributed by atoms with Gasteiger partial charge in [-0.25, -0.2) is 0 Å². The number of amidine groups is 1. The van der Waals surface area contributed by atoms with Crippen LogP contribution in [-0.4, -0.2) is 10.9 Å². The summed E-state index contributed by atoms with van der Waals surface area (Å²) in [6.07, 6.45) is 6.62. The normalized spacial score (nSPS) is 8.67. The van der Waals surface area contributed by atoms with Gasteiger partial charge in [0.15, 0.2) is 5.17 Å². The minimum atomic E-state index is 0. The van der Waals surface area contributed by atoms with E-state index in [9.17, 15) is 0 Å². The lowest BCUT2D eigenvalue weighted by atomic mass is 10.2. The van der Waals surface area contributed by atoms with Gasteiger partial charge in [0.05, 0.1) is 0 Å². The molecule has 0 aromatic heterocycles. The average molecular weight is 253 g/mol. The molecule has 0 spiro atoms. The number of hydrogen-bond acceptors (Lipinski definition) is 2. The van der Waals surface area contributed by atoms with Crippen molar-refractivity contribution < 1.29 is 0 Å². The molecule has 0 aromatic carbocycles. The Morgan fingerprint density at radius 2 is 2.08 bits per heavy atom. The number of halogens is 1. The van der Waals surface area contributed by atoms with E-state index in [1.54, 1.807) is 0 Å². The van der Waals surface area contributed by atoms with Crippen LogP contribution in [0.5, 0.6) is 0 Å². The van der Waals surface area contributed by atoms with Crippen molar-refractivity contribution in [3.05, 3.63) is 12.7 Å². The zero-order valence-electron chi connectivity index (χ0n) is 7.21. The molecule has 12 heavy (non-hydrogen) atoms. The zero-order valence-corrected chi connectivity index (χ0v) is 9.74. The lowest BCUT2D eigenvalue weighted by Gasteiger charge is -1.97. The van der Waals surface area contributed by atoms with Crippen molar-refractivity contribution in [3.63, 3.8) is 0 Å². The Morgan fingerprint density at radius 3 is 2.58 bits per heavy atom. The standard InChI is InChI=1S/C8H16N2S.BrH/c1-2-3-4-5-6-7-11-8(9)10;/h2H,1,3-7H2,(H3,9,10);1H. The molecule has 0 heterocycles. The molecule has 0 bridgehead atoms. The van der Waals surface area contributed by atoms with Crippen LogP contribution < -0.4 is 5.73 Å². The summed E-state index contributed by atoms with van der Waals surface area (Å²) in [5.41, 5.74) is 5.16. The maximum atomic E-state index is 6.94. The molecule has 4 heteroatoms. The van der Waals surface area contributed by atoms with Crippen molar-refractivity contribution >= 4 is 33.9 Å². The average Bonchev–Trinajstić information content (AvgIpc) is 1.96. The van der Waals surface area contributed by atoms with Crippen molar-refractivity contribution in [1.82, 2.24) is 0 Å². The molecule has 0 aliphatic carbocycles. The number of nitrogens with one attached hydrogen (secondary N) is 1. The minimum Gasteiger partial charge on any atom is -0.379 e. The van der Waals surface area contributed by atoms with E-state index in [0.717, 1.165) is 18.6 Å². The molecule has 0 fully saturated rings. The second-order valence-corrected chi connectivity index (χ2v) is 3.49. The SMILES string of the molecule is Br.C=CCCCCCSC(=N)N. The Hall–Kier alpha value is 0.0400. The van der Waals surface area contributed by atoms with Crippen LogP contribution in [0.25, 0.3) is 0 Å². The van der Waals surface area contributed by atoms with E-state index in [-0.39, 0.29) is 22.1 Å². The molecular formula is C8H17BrN2S. The lowest BCUT2D eigenvalue weighted by molar-refractivity contribution is 0.736. The van der Waals surface area contributed by atoms with Crippen molar-refractivity contribution in [2.45, 2.75) is 25.7 Å². The van der Waals surface area contributed by atoms with E-state index in [4.69, 9.17) is 11.1 Å². The van der Waals surface area contributed by atoms with E-state index < -0.39 is 0 Å². The molecule has 0 aliphatic rings. The summed E-state index contributed by atoms with van der Waals surface area (Å²) in [7, 11) is 0. The van der Waals surface area contributed by atoms with Crippen LogP contribution in [0.3, 0.4) is 0 Å². The fraction of sp³-hybridized carbons (Fsp3) is 0.625. The lowest BCUT2D eigenvalue weighted by Crippen LogP contribution is -2.04. The van der Waals surface area contributed by atoms with Crippen LogP contribution in [0.4, 0.5) is 0 Å². The number of nitrogens with two attached hydrogens (primary N) is 1. The number of allylic oxidation sites excluding steroid dienone is 1. The Labute approximate surface area is 89.3 Å². The molecule has 0 rings (SSSR count). The molecule has 0 saturated heterocycles. The van der Waals surface area contributed by atoms with Gasteiger partial charge >= 0.3 is 0 Å². The molecule has 0 radical (unpaired) electrons. The largest absolute Gasteiger partial charge is 0.379 e. The summed E-state index contributed by atoms with van der Waals surface area (Å²) in [5, 5.41) is 7.17. The number of hydrogen-bond donors (Lipinski definition) is 2. The summed E-state index contributed by atoms with van der Waals surface area (Å²) < 4.78 is 0. The van der Waals surface area contributed by atoms with Crippen molar-refractivity contribution in [3.8, 4) is 0 Å². The minimum absolute atomic E-state index is 0. The molecule has 3 N–H and O–H groups in total. The van der Waals surface area contributed by atoms with E-state index in [0.29, 0.717) is 0 Å². The van der Waals surface area contributed by atoms with Crippen LogP contribution in [0, 0.1) is 5.41 Å². The van der Waals surface area contributed by atoms with Gasteiger partial charge in [-0.05, 0) is 19.3 Å². The van der Waals surface area contributed by atoms with E-state index in [1.807, 2.05) is 6.08 Å². The maximum Gasteiger partial charge on any atom is 0.151 e. The fourth-order valence-electron chi connectivity index (χ4n) is 0.750. The first-order valence-electron chi connectivity index (χ1n) is 3.85. The second kappa shape index (κ2) is 11.0. The smallest absolute Gasteiger partial charge is 0.151 e. The Kier molecular flexibility index (Phi) is 13.4. The van der Waals surface area contributed by atoms with Crippen molar-refractivity contribution in [2.75, 3.05) is 5.75 Å². The summed E-state index contributed by atoms with van der Waals surface area (Å²) >= 11 is 1.42. The van der Waals surface area contributed by atoms with Gasteiger partial charge in [-0.15, -0.1) is 23.6 Å². The van der Waals surface area contributed by atoms with Gasteiger partial charge in [0.2, 0.25) is 0 Å². The monoisotopic (exact) mass is 252 g/mol. The number of unbranched alkanes of at least 4 members (excludes halogenated alkanes) is 3. The molecule has 0 aliphatic heterocycles. The topological polar surface area (TPSA) is 49.9 Å². The van der Waals surface area contributed by atoms with Gasteiger partial charge in [-0.1, -0.05) is 24.3 Å². The van der Waals surface area contributed by atoms with Gasteiger partial charge in [0.1, 0.15) is 0 Å². The van der Waals surface area contributed by atoms with Crippen LogP contribution in [-0.2, 0) is 0 Å². The van der Waals surface area contributed by atoms with E-state index in [2.05, 4.69) is 6.58 Å². The van der Waals surface area contributed by atoms with Crippen LogP contribution in [0.15, 0.2) is 12.7 Å². The quantitative estimate of drug-likeness (QED) is 0.331. The van der Waals surface area contributed by atoms with Gasteiger partial charge in [-0.2, -0.15) is 0 Å². The molecule has 0 aromatic rings. The van der Waals surface area contributed by atoms with Gasteiger partial charge in [0, 0.05) is 5.75 Å². The summed E-state index contributed by atoms with van der Waals surface area (Å²) in [4.78, 5) is 0. The van der Waals surface area contributed by atoms with Gasteiger partial charge in [0.25, 0.3) is 0 Å². The van der Waals surface area contributed by atoms with Crippen molar-refractivity contribution in [2.24, 2.45) is 5.73 Å². The van der Waals surface area contributed by atoms with E-state index in [1.165, 1.54) is 24.6 Å². The highest BCUT2D eigenvalue weighted by Crippen LogP contribution is 2.06. The predicted octanol–water partition coefficient (Wildman–Crippen LogP) is 2.94. The fourth-order valence-corrected chi connectivity index (χ4v) is 1.32. The summed E-state index contributed by atoms with van der Waals surface area (Å²) in [5.74, 6) is 0.979. The van der Waals surface area contributed by atoms with Crippen LogP contribution >= 0.6 is 28.7 Å².